The highest BCUT2D eigenvalue weighted by Crippen LogP contribution is 2.41. The van der Waals surface area contributed by atoms with Crippen LogP contribution < -0.4 is 14.3 Å². The molecule has 1 saturated carbocycles. The van der Waals surface area contributed by atoms with Crippen molar-refractivity contribution in [3.63, 3.8) is 0 Å². The van der Waals surface area contributed by atoms with Gasteiger partial charge in [-0.3, -0.25) is 14.4 Å². The topological polar surface area (TPSA) is 138 Å². The van der Waals surface area contributed by atoms with E-state index >= 15 is 0 Å². The van der Waals surface area contributed by atoms with Crippen molar-refractivity contribution in [1.29, 1.82) is 0 Å². The summed E-state index contributed by atoms with van der Waals surface area (Å²) in [7, 11) is -3.82. The number of para-hydroxylation sites is 1. The third-order valence-electron chi connectivity index (χ3n) is 6.23. The number of nitrogens with zero attached hydrogens (tertiary/aromatic N) is 2. The quantitative estimate of drug-likeness (QED) is 0.333. The largest absolute Gasteiger partial charge is 0.487 e. The van der Waals surface area contributed by atoms with Gasteiger partial charge in [0, 0.05) is 11.5 Å². The average Bonchev–Trinajstić information content (AvgIpc) is 2.83. The molecule has 1 aliphatic carbocycles. The van der Waals surface area contributed by atoms with Crippen LogP contribution in [0.15, 0.2) is 54.6 Å². The van der Waals surface area contributed by atoms with Crippen molar-refractivity contribution >= 4 is 26.8 Å². The summed E-state index contributed by atoms with van der Waals surface area (Å²) in [4.78, 5) is 33.7. The molecule has 1 aliphatic rings. The summed E-state index contributed by atoms with van der Waals surface area (Å²) in [5, 5.41) is 11.3. The molecule has 0 saturated heterocycles. The van der Waals surface area contributed by atoms with E-state index in [1.54, 1.807) is 6.07 Å². The molecule has 4 rings (SSSR count). The van der Waals surface area contributed by atoms with E-state index in [2.05, 4.69) is 4.98 Å². The SMILES string of the molecule is CS(=O)(=O)NC(=O)C(c1ccc(OCc2ccc3ccccc3n2)cc1O[N+](=O)[O-])C1CCCCC1. The van der Waals surface area contributed by atoms with E-state index < -0.39 is 26.9 Å². The lowest BCUT2D eigenvalue weighted by Crippen LogP contribution is -2.37. The lowest BCUT2D eigenvalue weighted by molar-refractivity contribution is -0.711. The summed E-state index contributed by atoms with van der Waals surface area (Å²) < 4.78 is 31.4. The Morgan fingerprint density at radius 2 is 1.89 bits per heavy atom. The molecule has 0 radical (unpaired) electrons. The number of carbonyl (C=O) groups is 1. The molecule has 190 valence electrons. The molecule has 0 bridgehead atoms. The van der Waals surface area contributed by atoms with Crippen molar-refractivity contribution in [2.45, 2.75) is 44.6 Å². The van der Waals surface area contributed by atoms with Crippen molar-refractivity contribution in [2.75, 3.05) is 6.26 Å². The third-order valence-corrected chi connectivity index (χ3v) is 6.80. The number of rotatable bonds is 9. The lowest BCUT2D eigenvalue weighted by atomic mass is 9.76. The molecule has 1 heterocycles. The highest BCUT2D eigenvalue weighted by Gasteiger charge is 2.34. The molecular formula is C25H27N3O7S. The van der Waals surface area contributed by atoms with Gasteiger partial charge in [-0.2, -0.15) is 0 Å². The lowest BCUT2D eigenvalue weighted by Gasteiger charge is -2.30. The van der Waals surface area contributed by atoms with Crippen molar-refractivity contribution in [3.8, 4) is 11.5 Å². The van der Waals surface area contributed by atoms with E-state index in [0.717, 1.165) is 36.4 Å². The highest BCUT2D eigenvalue weighted by atomic mass is 32.2. The van der Waals surface area contributed by atoms with E-state index in [0.29, 0.717) is 18.5 Å². The number of pyridine rings is 1. The molecule has 11 heteroatoms. The molecule has 2 aromatic carbocycles. The molecule has 0 spiro atoms. The van der Waals surface area contributed by atoms with Crippen LogP contribution in [-0.2, 0) is 21.4 Å². The third kappa shape index (κ3) is 6.48. The minimum atomic E-state index is -3.82. The van der Waals surface area contributed by atoms with Gasteiger partial charge in [0.25, 0.3) is 5.09 Å². The maximum Gasteiger partial charge on any atom is 0.299 e. The summed E-state index contributed by atoms with van der Waals surface area (Å²) in [6.07, 6.45) is 5.09. The van der Waals surface area contributed by atoms with Crippen LogP contribution in [-0.4, -0.2) is 30.7 Å². The molecule has 0 aliphatic heterocycles. The first kappa shape index (κ1) is 25.4. The van der Waals surface area contributed by atoms with E-state index in [-0.39, 0.29) is 29.6 Å². The van der Waals surface area contributed by atoms with Crippen LogP contribution in [0.5, 0.6) is 11.5 Å². The van der Waals surface area contributed by atoms with E-state index in [9.17, 15) is 23.3 Å². The Labute approximate surface area is 208 Å². The van der Waals surface area contributed by atoms with Gasteiger partial charge in [-0.15, -0.1) is 10.1 Å². The van der Waals surface area contributed by atoms with Crippen LogP contribution in [0.2, 0.25) is 0 Å². The Balaban J connectivity index is 1.62. The van der Waals surface area contributed by atoms with Crippen LogP contribution in [0.4, 0.5) is 0 Å². The number of ether oxygens (including phenoxy) is 1. The van der Waals surface area contributed by atoms with Gasteiger partial charge in [0.2, 0.25) is 15.9 Å². The van der Waals surface area contributed by atoms with Crippen molar-refractivity contribution in [2.24, 2.45) is 5.92 Å². The number of fused-ring (bicyclic) bond motifs is 1. The number of nitrogens with one attached hydrogen (secondary N) is 1. The van der Waals surface area contributed by atoms with E-state index in [1.165, 1.54) is 12.1 Å². The minimum absolute atomic E-state index is 0.114. The van der Waals surface area contributed by atoms with Gasteiger partial charge < -0.3 is 4.74 Å². The number of hydrogen-bond acceptors (Lipinski definition) is 8. The number of benzene rings is 2. The zero-order valence-electron chi connectivity index (χ0n) is 19.8. The average molecular weight is 514 g/mol. The van der Waals surface area contributed by atoms with Gasteiger partial charge >= 0.3 is 0 Å². The fraction of sp³-hybridized carbons (Fsp3) is 0.360. The summed E-state index contributed by atoms with van der Waals surface area (Å²) in [6.45, 7) is 0.114. The molecule has 10 nitrogen and oxygen atoms in total. The molecule has 1 fully saturated rings. The van der Waals surface area contributed by atoms with Gasteiger partial charge in [0.15, 0.2) is 0 Å². The Morgan fingerprint density at radius 1 is 1.14 bits per heavy atom. The maximum absolute atomic E-state index is 13.0. The second-order valence-corrected chi connectivity index (χ2v) is 10.7. The zero-order valence-corrected chi connectivity index (χ0v) is 20.6. The fourth-order valence-electron chi connectivity index (χ4n) is 4.69. The van der Waals surface area contributed by atoms with Gasteiger partial charge in [-0.25, -0.2) is 13.4 Å². The zero-order chi connectivity index (χ0) is 25.7. The maximum atomic E-state index is 13.0. The van der Waals surface area contributed by atoms with Crippen LogP contribution in [0.1, 0.15) is 49.3 Å². The second kappa shape index (κ2) is 10.9. The van der Waals surface area contributed by atoms with Crippen molar-refractivity contribution in [1.82, 2.24) is 9.71 Å². The molecule has 1 atom stereocenters. The first-order valence-corrected chi connectivity index (χ1v) is 13.5. The van der Waals surface area contributed by atoms with Crippen LogP contribution in [0.3, 0.4) is 0 Å². The standard InChI is InChI=1S/C25H27N3O7S/c1-36(32,33)27-25(29)24(18-8-3-2-4-9-18)21-14-13-20(15-23(21)35-28(30)31)34-16-19-12-11-17-7-5-6-10-22(17)26-19/h5-7,10-15,18,24H,2-4,8-9,16H2,1H3,(H,27,29). The fourth-order valence-corrected chi connectivity index (χ4v) is 5.18. The molecule has 3 aromatic rings. The van der Waals surface area contributed by atoms with Gasteiger partial charge in [0.05, 0.1) is 23.4 Å². The summed E-state index contributed by atoms with van der Waals surface area (Å²) in [5.41, 5.74) is 1.73. The van der Waals surface area contributed by atoms with Crippen LogP contribution in [0.25, 0.3) is 10.9 Å². The molecule has 1 amide bonds. The van der Waals surface area contributed by atoms with Gasteiger partial charge in [0.1, 0.15) is 18.1 Å². The van der Waals surface area contributed by atoms with E-state index in [1.807, 2.05) is 41.1 Å². The Hall–Kier alpha value is -3.73. The summed E-state index contributed by atoms with van der Waals surface area (Å²) in [6, 6.07) is 15.9. The summed E-state index contributed by atoms with van der Waals surface area (Å²) in [5.74, 6) is -1.71. The normalized spacial score (nSPS) is 15.2. The first-order chi connectivity index (χ1) is 17.2. The molecule has 36 heavy (non-hydrogen) atoms. The number of carbonyl (C=O) groups excluding carboxylic acids is 1. The Bertz CT molecular complexity index is 1370. The minimum Gasteiger partial charge on any atom is -0.487 e. The molecule has 1 aromatic heterocycles. The molecule has 1 unspecified atom stereocenters. The summed E-state index contributed by atoms with van der Waals surface area (Å²) >= 11 is 0. The number of sulfonamides is 1. The predicted molar refractivity (Wildman–Crippen MR) is 132 cm³/mol. The second-order valence-electron chi connectivity index (χ2n) is 8.91. The Kier molecular flexibility index (Phi) is 7.68. The van der Waals surface area contributed by atoms with Crippen LogP contribution >= 0.6 is 0 Å². The smallest absolute Gasteiger partial charge is 0.299 e. The number of hydrogen-bond donors (Lipinski definition) is 1. The first-order valence-electron chi connectivity index (χ1n) is 11.6. The number of amides is 1. The van der Waals surface area contributed by atoms with Gasteiger partial charge in [-0.1, -0.05) is 49.6 Å². The number of aromatic nitrogens is 1. The monoisotopic (exact) mass is 513 g/mol. The van der Waals surface area contributed by atoms with Gasteiger partial charge in [-0.05, 0) is 42.5 Å². The molecular weight excluding hydrogens is 486 g/mol. The van der Waals surface area contributed by atoms with Crippen LogP contribution in [0, 0.1) is 16.0 Å². The molecule has 1 N–H and O–H groups in total. The Morgan fingerprint density at radius 3 is 2.61 bits per heavy atom. The van der Waals surface area contributed by atoms with Crippen molar-refractivity contribution < 1.29 is 27.9 Å². The van der Waals surface area contributed by atoms with Crippen molar-refractivity contribution in [3.05, 3.63) is 76.0 Å². The highest BCUT2D eigenvalue weighted by molar-refractivity contribution is 7.89. The van der Waals surface area contributed by atoms with E-state index in [4.69, 9.17) is 9.57 Å². The predicted octanol–water partition coefficient (Wildman–Crippen LogP) is 4.12.